The first-order chi connectivity index (χ1) is 18.8. The minimum Gasteiger partial charge on any atom is -0.495 e. The van der Waals surface area contributed by atoms with E-state index in [4.69, 9.17) is 27.9 Å². The summed E-state index contributed by atoms with van der Waals surface area (Å²) in [6.07, 6.45) is 0.374. The van der Waals surface area contributed by atoms with Crippen LogP contribution in [0, 0.1) is 35.3 Å². The highest BCUT2D eigenvalue weighted by Crippen LogP contribution is 2.53. The smallest absolute Gasteiger partial charge is 0.242 e. The van der Waals surface area contributed by atoms with Gasteiger partial charge in [-0.1, -0.05) is 68.2 Å². The molecule has 0 aliphatic carbocycles. The lowest BCUT2D eigenvalue weighted by atomic mass is 9.62. The average Bonchev–Trinajstić information content (AvgIpc) is 3.19. The first-order valence-electron chi connectivity index (χ1n) is 12.8. The van der Waals surface area contributed by atoms with Crippen molar-refractivity contribution in [2.45, 2.75) is 57.5 Å². The number of amides is 1. The predicted molar refractivity (Wildman–Crippen MR) is 154 cm³/mol. The number of carbonyl (C=O) groups is 1. The van der Waals surface area contributed by atoms with Crippen LogP contribution in [0.25, 0.3) is 0 Å². The Bertz CT molecular complexity index is 1480. The Morgan fingerprint density at radius 2 is 1.88 bits per heavy atom. The fourth-order valence-corrected chi connectivity index (χ4v) is 6.01. The maximum atomic E-state index is 15.8. The molecule has 1 fully saturated rings. The number of carbonyl (C=O) groups excluding carboxylic acids is 1. The Labute approximate surface area is 243 Å². The molecular weight excluding hydrogens is 555 g/mol. The van der Waals surface area contributed by atoms with Crippen LogP contribution in [0.1, 0.15) is 49.8 Å². The number of nitrogens with one attached hydrogen (secondary N) is 2. The lowest BCUT2D eigenvalue weighted by molar-refractivity contribution is -0.118. The Morgan fingerprint density at radius 1 is 1.15 bits per heavy atom. The number of rotatable bonds is 6. The molecule has 5 nitrogen and oxygen atoms in total. The topological polar surface area (TPSA) is 74.2 Å². The lowest BCUT2D eigenvalue weighted by Crippen LogP contribution is -2.45. The summed E-state index contributed by atoms with van der Waals surface area (Å²) >= 11 is 12.3. The number of hydrogen-bond donors (Lipinski definition) is 2. The van der Waals surface area contributed by atoms with Crippen molar-refractivity contribution in [1.29, 1.82) is 5.26 Å². The zero-order valence-electron chi connectivity index (χ0n) is 22.9. The SMILES string of the molecule is COc1cc(C)ccc1NC(=O)C1NC(CC(C)(C)C)C(C#N)(c2ccc(Cl)cc2F)C1c1cccc(Cl)c1F. The van der Waals surface area contributed by atoms with Crippen LogP contribution < -0.4 is 15.4 Å². The van der Waals surface area contributed by atoms with Crippen LogP contribution in [0.2, 0.25) is 10.0 Å². The van der Waals surface area contributed by atoms with Gasteiger partial charge in [0.2, 0.25) is 5.91 Å². The first-order valence-corrected chi connectivity index (χ1v) is 13.6. The third-order valence-electron chi connectivity index (χ3n) is 7.35. The van der Waals surface area contributed by atoms with Gasteiger partial charge < -0.3 is 15.4 Å². The van der Waals surface area contributed by atoms with Gasteiger partial charge in [-0.3, -0.25) is 4.79 Å². The van der Waals surface area contributed by atoms with E-state index >= 15 is 8.78 Å². The number of methoxy groups -OCH3 is 1. The minimum absolute atomic E-state index is 0.0220. The molecule has 1 aliphatic rings. The molecule has 1 aliphatic heterocycles. The van der Waals surface area contributed by atoms with Crippen molar-refractivity contribution in [2.24, 2.45) is 5.41 Å². The van der Waals surface area contributed by atoms with Gasteiger partial charge in [-0.05, 0) is 60.2 Å². The number of anilines is 1. The number of benzene rings is 3. The van der Waals surface area contributed by atoms with Gasteiger partial charge in [0.25, 0.3) is 0 Å². The molecule has 40 heavy (non-hydrogen) atoms. The Morgan fingerprint density at radius 3 is 2.50 bits per heavy atom. The maximum Gasteiger partial charge on any atom is 0.242 e. The van der Waals surface area contributed by atoms with E-state index in [9.17, 15) is 10.1 Å². The highest BCUT2D eigenvalue weighted by atomic mass is 35.5. The second-order valence-electron chi connectivity index (χ2n) is 11.4. The monoisotopic (exact) mass is 585 g/mol. The second kappa shape index (κ2) is 11.4. The van der Waals surface area contributed by atoms with Crippen molar-refractivity contribution in [3.63, 3.8) is 0 Å². The highest BCUT2D eigenvalue weighted by Gasteiger charge is 2.61. The standard InChI is InChI=1S/C31H31Cl2F2N3O2/c1-17-9-12-23(24(13-17)40-5)37-29(39)28-26(19-7-6-8-21(33)27(19)35)31(16-36,25(38-28)15-30(2,3)4)20-11-10-18(32)14-22(20)34/h6-14,25-26,28,38H,15H2,1-5H3,(H,37,39). The molecule has 1 saturated heterocycles. The molecule has 0 spiro atoms. The third-order valence-corrected chi connectivity index (χ3v) is 7.87. The molecule has 3 aromatic rings. The number of nitrogens with zero attached hydrogens (tertiary/aromatic N) is 1. The van der Waals surface area contributed by atoms with Gasteiger partial charge in [0.15, 0.2) is 0 Å². The molecular formula is C31H31Cl2F2N3O2. The third kappa shape index (κ3) is 5.54. The van der Waals surface area contributed by atoms with E-state index in [1.807, 2.05) is 33.8 Å². The number of aryl methyl sites for hydroxylation is 1. The summed E-state index contributed by atoms with van der Waals surface area (Å²) in [6.45, 7) is 7.83. The lowest BCUT2D eigenvalue weighted by Gasteiger charge is -2.37. The van der Waals surface area contributed by atoms with Gasteiger partial charge in [-0.25, -0.2) is 8.78 Å². The fraction of sp³-hybridized carbons (Fsp3) is 0.355. The Hall–Kier alpha value is -3.18. The van der Waals surface area contributed by atoms with Gasteiger partial charge >= 0.3 is 0 Å². The van der Waals surface area contributed by atoms with E-state index in [-0.39, 0.29) is 26.6 Å². The Balaban J connectivity index is 1.96. The van der Waals surface area contributed by atoms with E-state index in [1.165, 1.54) is 31.4 Å². The van der Waals surface area contributed by atoms with E-state index in [1.54, 1.807) is 18.2 Å². The zero-order valence-corrected chi connectivity index (χ0v) is 24.4. The normalized spacial score (nSPS) is 22.6. The van der Waals surface area contributed by atoms with Gasteiger partial charge in [0, 0.05) is 22.5 Å². The molecule has 210 valence electrons. The summed E-state index contributed by atoms with van der Waals surface area (Å²) in [7, 11) is 1.49. The van der Waals surface area contributed by atoms with Crippen molar-refractivity contribution >= 4 is 34.8 Å². The molecule has 2 N–H and O–H groups in total. The van der Waals surface area contributed by atoms with Crippen LogP contribution >= 0.6 is 23.2 Å². The van der Waals surface area contributed by atoms with E-state index in [0.717, 1.165) is 11.6 Å². The Kier molecular flexibility index (Phi) is 8.46. The van der Waals surface area contributed by atoms with Gasteiger partial charge in [0.1, 0.15) is 22.8 Å². The molecule has 9 heteroatoms. The molecule has 4 unspecified atom stereocenters. The van der Waals surface area contributed by atoms with E-state index in [2.05, 4.69) is 16.7 Å². The van der Waals surface area contributed by atoms with Crippen LogP contribution in [0.4, 0.5) is 14.5 Å². The zero-order chi connectivity index (χ0) is 29.4. The molecule has 0 bridgehead atoms. The summed E-state index contributed by atoms with van der Waals surface area (Å²) < 4.78 is 36.9. The molecule has 0 saturated carbocycles. The minimum atomic E-state index is -1.70. The number of halogens is 4. The van der Waals surface area contributed by atoms with Gasteiger partial charge in [-0.15, -0.1) is 0 Å². The average molecular weight is 587 g/mol. The second-order valence-corrected chi connectivity index (χ2v) is 12.2. The van der Waals surface area contributed by atoms with Crippen LogP contribution in [0.5, 0.6) is 5.75 Å². The fourth-order valence-electron chi connectivity index (χ4n) is 5.67. The predicted octanol–water partition coefficient (Wildman–Crippen LogP) is 7.55. The molecule has 4 atom stereocenters. The van der Waals surface area contributed by atoms with Crippen molar-refractivity contribution in [3.8, 4) is 11.8 Å². The van der Waals surface area contributed by atoms with Gasteiger partial charge in [0.05, 0.1) is 29.9 Å². The molecule has 4 rings (SSSR count). The summed E-state index contributed by atoms with van der Waals surface area (Å²) in [5.41, 5.74) is -0.653. The number of hydrogen-bond acceptors (Lipinski definition) is 4. The summed E-state index contributed by atoms with van der Waals surface area (Å²) in [6, 6.07) is 14.2. The van der Waals surface area contributed by atoms with Crippen molar-refractivity contribution in [3.05, 3.63) is 93.0 Å². The molecule has 3 aromatic carbocycles. The number of ether oxygens (including phenoxy) is 1. The first kappa shape index (κ1) is 29.8. The largest absolute Gasteiger partial charge is 0.495 e. The van der Waals surface area contributed by atoms with Gasteiger partial charge in [-0.2, -0.15) is 5.26 Å². The quantitative estimate of drug-likeness (QED) is 0.313. The summed E-state index contributed by atoms with van der Waals surface area (Å²) in [4.78, 5) is 14.0. The number of nitriles is 1. The highest BCUT2D eigenvalue weighted by molar-refractivity contribution is 6.31. The summed E-state index contributed by atoms with van der Waals surface area (Å²) in [5.74, 6) is -2.73. The van der Waals surface area contributed by atoms with Crippen molar-refractivity contribution in [2.75, 3.05) is 12.4 Å². The van der Waals surface area contributed by atoms with Crippen molar-refractivity contribution < 1.29 is 18.3 Å². The van der Waals surface area contributed by atoms with Crippen LogP contribution in [0.3, 0.4) is 0 Å². The van der Waals surface area contributed by atoms with Crippen LogP contribution in [-0.2, 0) is 10.2 Å². The van der Waals surface area contributed by atoms with Crippen LogP contribution in [-0.4, -0.2) is 25.1 Å². The molecule has 1 amide bonds. The van der Waals surface area contributed by atoms with E-state index in [0.29, 0.717) is 17.9 Å². The van der Waals surface area contributed by atoms with E-state index < -0.39 is 41.0 Å². The molecule has 1 heterocycles. The van der Waals surface area contributed by atoms with Crippen LogP contribution in [0.15, 0.2) is 54.6 Å². The molecule has 0 aromatic heterocycles. The molecule has 0 radical (unpaired) electrons. The maximum absolute atomic E-state index is 15.8. The van der Waals surface area contributed by atoms with Crippen molar-refractivity contribution in [1.82, 2.24) is 5.32 Å². The summed E-state index contributed by atoms with van der Waals surface area (Å²) in [5, 5.41) is 17.1.